The van der Waals surface area contributed by atoms with Gasteiger partial charge >= 0.3 is 18.2 Å². The van der Waals surface area contributed by atoms with Crippen molar-refractivity contribution in [1.29, 1.82) is 0 Å². The number of carboxylic acid groups (broad SMARTS) is 1. The van der Waals surface area contributed by atoms with Crippen molar-refractivity contribution in [3.8, 4) is 11.1 Å². The van der Waals surface area contributed by atoms with Crippen LogP contribution < -0.4 is 5.32 Å². The molecule has 11 heteroatoms. The Hall–Kier alpha value is -3.21. The van der Waals surface area contributed by atoms with Crippen LogP contribution in [0.2, 0.25) is 0 Å². The number of nitrogens with zero attached hydrogens (tertiary/aromatic N) is 1. The molecule has 2 atom stereocenters. The average molecular weight is 509 g/mol. The number of carboxylic acids is 1. The van der Waals surface area contributed by atoms with E-state index in [9.17, 15) is 32.7 Å². The lowest BCUT2D eigenvalue weighted by Gasteiger charge is -2.35. The molecule has 7 nitrogen and oxygen atoms in total. The van der Waals surface area contributed by atoms with Crippen LogP contribution in [0.4, 0.5) is 18.0 Å². The maximum Gasteiger partial charge on any atom is 0.407 e. The molecule has 1 saturated heterocycles. The van der Waals surface area contributed by atoms with E-state index in [-0.39, 0.29) is 24.8 Å². The number of rotatable bonds is 6. The van der Waals surface area contributed by atoms with Crippen LogP contribution in [0.25, 0.3) is 11.1 Å². The third-order valence-electron chi connectivity index (χ3n) is 6.06. The van der Waals surface area contributed by atoms with E-state index in [0.29, 0.717) is 11.8 Å². The average Bonchev–Trinajstić information content (AvgIpc) is 3.15. The van der Waals surface area contributed by atoms with Crippen molar-refractivity contribution in [2.45, 2.75) is 29.8 Å². The van der Waals surface area contributed by atoms with Gasteiger partial charge in [0, 0.05) is 24.8 Å². The number of aliphatic carboxylic acids is 1. The van der Waals surface area contributed by atoms with Crippen LogP contribution in [0.3, 0.4) is 0 Å². The predicted octanol–water partition coefficient (Wildman–Crippen LogP) is 3.87. The van der Waals surface area contributed by atoms with E-state index in [2.05, 4.69) is 5.32 Å². The normalized spacial score (nSPS) is 18.4. The molecule has 4 rings (SSSR count). The fourth-order valence-electron chi connectivity index (χ4n) is 4.42. The maximum absolute atomic E-state index is 13.1. The Balaban J connectivity index is 1.42. The van der Waals surface area contributed by atoms with E-state index in [1.54, 1.807) is 0 Å². The Bertz CT molecular complexity index is 1080. The van der Waals surface area contributed by atoms with Crippen LogP contribution in [-0.4, -0.2) is 70.9 Å². The molecular formula is C24H23F3N2O5S. The molecule has 1 aliphatic carbocycles. The number of carbonyl (C=O) groups is 3. The summed E-state index contributed by atoms with van der Waals surface area (Å²) >= 11 is 0.695. The fourth-order valence-corrected chi connectivity index (χ4v) is 5.51. The first-order chi connectivity index (χ1) is 16.6. The molecule has 2 aromatic rings. The monoisotopic (exact) mass is 508 g/mol. The van der Waals surface area contributed by atoms with Gasteiger partial charge < -0.3 is 20.1 Å². The molecule has 2 amide bonds. The van der Waals surface area contributed by atoms with Gasteiger partial charge in [-0.25, -0.2) is 4.79 Å². The molecule has 186 valence electrons. The minimum Gasteiger partial charge on any atom is -0.481 e. The topological polar surface area (TPSA) is 95.9 Å². The molecule has 1 heterocycles. The van der Waals surface area contributed by atoms with Gasteiger partial charge in [-0.2, -0.15) is 13.2 Å². The van der Waals surface area contributed by atoms with Crippen LogP contribution in [0.1, 0.15) is 23.5 Å². The molecule has 0 radical (unpaired) electrons. The number of halogens is 3. The van der Waals surface area contributed by atoms with Gasteiger partial charge in [-0.05, 0) is 22.3 Å². The quantitative estimate of drug-likeness (QED) is 0.615. The van der Waals surface area contributed by atoms with Crippen molar-refractivity contribution in [1.82, 2.24) is 10.2 Å². The molecule has 2 aromatic carbocycles. The minimum absolute atomic E-state index is 0.0264. The Kier molecular flexibility index (Phi) is 7.25. The predicted molar refractivity (Wildman–Crippen MR) is 123 cm³/mol. The van der Waals surface area contributed by atoms with Gasteiger partial charge in [-0.1, -0.05) is 48.5 Å². The summed E-state index contributed by atoms with van der Waals surface area (Å²) in [5.41, 5.74) is 4.00. The molecule has 0 saturated carbocycles. The highest BCUT2D eigenvalue weighted by molar-refractivity contribution is 8.00. The number of hydrogen-bond donors (Lipinski definition) is 2. The highest BCUT2D eigenvalue weighted by atomic mass is 32.2. The SMILES string of the molecule is O=C(O)CC(NC(=O)OCC1c2ccccc2-c2ccccc21)C(=O)N1CCSC(C(F)(F)F)C1. The summed E-state index contributed by atoms with van der Waals surface area (Å²) in [5, 5.41) is 9.69. The summed E-state index contributed by atoms with van der Waals surface area (Å²) in [6.07, 6.45) is -6.28. The first-order valence-corrected chi connectivity index (χ1v) is 12.0. The molecule has 0 aromatic heterocycles. The fraction of sp³-hybridized carbons (Fsp3) is 0.375. The van der Waals surface area contributed by atoms with Crippen molar-refractivity contribution in [3.05, 3.63) is 59.7 Å². The minimum atomic E-state index is -4.49. The van der Waals surface area contributed by atoms with E-state index in [0.717, 1.165) is 27.2 Å². The number of ether oxygens (including phenoxy) is 1. The van der Waals surface area contributed by atoms with Crippen molar-refractivity contribution >= 4 is 29.7 Å². The number of fused-ring (bicyclic) bond motifs is 3. The number of benzene rings is 2. The molecule has 2 aliphatic rings. The second-order valence-corrected chi connectivity index (χ2v) is 9.62. The van der Waals surface area contributed by atoms with Crippen LogP contribution in [0, 0.1) is 0 Å². The van der Waals surface area contributed by atoms with E-state index in [1.165, 1.54) is 0 Å². The van der Waals surface area contributed by atoms with Crippen LogP contribution in [0.5, 0.6) is 0 Å². The third kappa shape index (κ3) is 5.55. The first-order valence-electron chi connectivity index (χ1n) is 11.0. The van der Waals surface area contributed by atoms with Gasteiger partial charge in [0.15, 0.2) is 0 Å². The standard InChI is InChI=1S/C24H23F3N2O5S/c25-24(26,27)20-12-29(9-10-35-20)22(32)19(11-21(30)31)28-23(33)34-13-18-16-7-3-1-5-14(16)15-6-2-4-8-17(15)18/h1-8,18-20H,9-13H2,(H,28,33)(H,30,31). The molecule has 2 N–H and O–H groups in total. The largest absolute Gasteiger partial charge is 0.481 e. The summed E-state index contributed by atoms with van der Waals surface area (Å²) in [5.74, 6) is -2.44. The number of amides is 2. The molecular weight excluding hydrogens is 485 g/mol. The lowest BCUT2D eigenvalue weighted by atomic mass is 9.98. The second kappa shape index (κ2) is 10.2. The Morgan fingerprint density at radius 3 is 2.26 bits per heavy atom. The summed E-state index contributed by atoms with van der Waals surface area (Å²) in [4.78, 5) is 37.6. The zero-order chi connectivity index (χ0) is 25.2. The number of alkyl carbamates (subject to hydrolysis) is 1. The lowest BCUT2D eigenvalue weighted by molar-refractivity contribution is -0.147. The molecule has 1 aliphatic heterocycles. The van der Waals surface area contributed by atoms with Gasteiger partial charge in [-0.3, -0.25) is 9.59 Å². The molecule has 1 fully saturated rings. The van der Waals surface area contributed by atoms with Crippen molar-refractivity contribution in [2.75, 3.05) is 25.4 Å². The smallest absolute Gasteiger partial charge is 0.407 e. The third-order valence-corrected chi connectivity index (χ3v) is 7.29. The Labute approximate surface area is 203 Å². The van der Waals surface area contributed by atoms with E-state index in [1.807, 2.05) is 48.5 Å². The van der Waals surface area contributed by atoms with Crippen LogP contribution in [0.15, 0.2) is 48.5 Å². The highest BCUT2D eigenvalue weighted by Crippen LogP contribution is 2.44. The maximum atomic E-state index is 13.1. The van der Waals surface area contributed by atoms with Crippen LogP contribution >= 0.6 is 11.8 Å². The first kappa shape index (κ1) is 24.9. The van der Waals surface area contributed by atoms with Gasteiger partial charge in [-0.15, -0.1) is 11.8 Å². The number of nitrogens with one attached hydrogen (secondary N) is 1. The summed E-state index contributed by atoms with van der Waals surface area (Å²) in [6, 6.07) is 13.9. The molecule has 2 unspecified atom stereocenters. The Morgan fingerprint density at radius 1 is 1.09 bits per heavy atom. The second-order valence-electron chi connectivity index (χ2n) is 8.31. The van der Waals surface area contributed by atoms with Gasteiger partial charge in [0.1, 0.15) is 17.9 Å². The summed E-state index contributed by atoms with van der Waals surface area (Å²) in [7, 11) is 0. The van der Waals surface area contributed by atoms with Gasteiger partial charge in [0.25, 0.3) is 0 Å². The lowest BCUT2D eigenvalue weighted by Crippen LogP contribution is -2.54. The van der Waals surface area contributed by atoms with Crippen LogP contribution in [-0.2, 0) is 14.3 Å². The molecule has 35 heavy (non-hydrogen) atoms. The van der Waals surface area contributed by atoms with Gasteiger partial charge in [0.2, 0.25) is 5.91 Å². The van der Waals surface area contributed by atoms with Crippen molar-refractivity contribution in [2.24, 2.45) is 0 Å². The zero-order valence-corrected chi connectivity index (χ0v) is 19.3. The van der Waals surface area contributed by atoms with E-state index < -0.39 is 48.4 Å². The highest BCUT2D eigenvalue weighted by Gasteiger charge is 2.44. The van der Waals surface area contributed by atoms with Gasteiger partial charge in [0.05, 0.1) is 6.42 Å². The summed E-state index contributed by atoms with van der Waals surface area (Å²) in [6.45, 7) is -0.627. The number of hydrogen-bond acceptors (Lipinski definition) is 5. The molecule has 0 bridgehead atoms. The Morgan fingerprint density at radius 2 is 1.69 bits per heavy atom. The number of alkyl halides is 3. The van der Waals surface area contributed by atoms with E-state index in [4.69, 9.17) is 4.74 Å². The summed E-state index contributed by atoms with van der Waals surface area (Å²) < 4.78 is 44.7. The zero-order valence-electron chi connectivity index (χ0n) is 18.5. The molecule has 0 spiro atoms. The van der Waals surface area contributed by atoms with Crippen molar-refractivity contribution < 1.29 is 37.4 Å². The number of carbonyl (C=O) groups excluding carboxylic acids is 2. The number of thioether (sulfide) groups is 1. The van der Waals surface area contributed by atoms with Crippen molar-refractivity contribution in [3.63, 3.8) is 0 Å². The van der Waals surface area contributed by atoms with E-state index >= 15 is 0 Å².